The van der Waals surface area contributed by atoms with Crippen LogP contribution >= 0.6 is 0 Å². The summed E-state index contributed by atoms with van der Waals surface area (Å²) >= 11 is 0. The summed E-state index contributed by atoms with van der Waals surface area (Å²) in [6.07, 6.45) is -5.02. The first kappa shape index (κ1) is 16.5. The number of aliphatic hydroxyl groups is 1. The number of nitrogens with one attached hydrogen (secondary N) is 2. The van der Waals surface area contributed by atoms with Gasteiger partial charge < -0.3 is 15.7 Å². The standard InChI is InChI=1S/C13H17F3N2O2/c1-17-12(20)6-7-18-8-11(19)9-2-4-10(5-3-9)13(14,15)16/h2-5,11,18-19H,6-8H2,1H3,(H,17,20). The second-order valence-electron chi connectivity index (χ2n) is 4.26. The lowest BCUT2D eigenvalue weighted by Crippen LogP contribution is -2.27. The number of amides is 1. The first-order valence-corrected chi connectivity index (χ1v) is 6.11. The Bertz CT molecular complexity index is 432. The molecule has 0 radical (unpaired) electrons. The van der Waals surface area contributed by atoms with Crippen LogP contribution in [-0.4, -0.2) is 31.2 Å². The molecule has 0 fully saturated rings. The molecule has 1 unspecified atom stereocenters. The van der Waals surface area contributed by atoms with E-state index < -0.39 is 17.8 Å². The average Bonchev–Trinajstić information content (AvgIpc) is 2.42. The second kappa shape index (κ2) is 7.25. The van der Waals surface area contributed by atoms with Crippen LogP contribution in [0.4, 0.5) is 13.2 Å². The van der Waals surface area contributed by atoms with Crippen molar-refractivity contribution in [1.29, 1.82) is 0 Å². The van der Waals surface area contributed by atoms with Crippen LogP contribution < -0.4 is 10.6 Å². The van der Waals surface area contributed by atoms with E-state index >= 15 is 0 Å². The third-order valence-corrected chi connectivity index (χ3v) is 2.77. The van der Waals surface area contributed by atoms with Gasteiger partial charge in [0, 0.05) is 26.6 Å². The van der Waals surface area contributed by atoms with Crippen LogP contribution in [-0.2, 0) is 11.0 Å². The summed E-state index contributed by atoms with van der Waals surface area (Å²) in [5.41, 5.74) is -0.355. The van der Waals surface area contributed by atoms with E-state index in [0.29, 0.717) is 12.1 Å². The molecule has 0 saturated heterocycles. The average molecular weight is 290 g/mol. The van der Waals surface area contributed by atoms with E-state index in [0.717, 1.165) is 12.1 Å². The summed E-state index contributed by atoms with van der Waals surface area (Å²) in [6.45, 7) is 0.555. The normalized spacial score (nSPS) is 13.1. The fourth-order valence-corrected chi connectivity index (χ4v) is 1.58. The largest absolute Gasteiger partial charge is 0.416 e. The maximum Gasteiger partial charge on any atom is 0.416 e. The van der Waals surface area contributed by atoms with Crippen molar-refractivity contribution in [2.24, 2.45) is 0 Å². The summed E-state index contributed by atoms with van der Waals surface area (Å²) in [5, 5.41) is 15.1. The quantitative estimate of drug-likeness (QED) is 0.695. The maximum absolute atomic E-state index is 12.4. The molecule has 7 heteroatoms. The lowest BCUT2D eigenvalue weighted by atomic mass is 10.1. The second-order valence-corrected chi connectivity index (χ2v) is 4.26. The molecule has 0 aromatic heterocycles. The van der Waals surface area contributed by atoms with E-state index in [1.54, 1.807) is 0 Å². The minimum absolute atomic E-state index is 0.124. The van der Waals surface area contributed by atoms with Crippen molar-refractivity contribution in [3.05, 3.63) is 35.4 Å². The minimum atomic E-state index is -4.38. The smallest absolute Gasteiger partial charge is 0.387 e. The van der Waals surface area contributed by atoms with Crippen molar-refractivity contribution >= 4 is 5.91 Å². The van der Waals surface area contributed by atoms with Crippen LogP contribution in [0.15, 0.2) is 24.3 Å². The molecule has 0 aliphatic rings. The van der Waals surface area contributed by atoms with Gasteiger partial charge in [-0.25, -0.2) is 0 Å². The molecule has 0 aliphatic carbocycles. The van der Waals surface area contributed by atoms with Gasteiger partial charge in [0.05, 0.1) is 11.7 Å². The van der Waals surface area contributed by atoms with Crippen molar-refractivity contribution in [3.8, 4) is 0 Å². The Morgan fingerprint density at radius 2 is 1.90 bits per heavy atom. The van der Waals surface area contributed by atoms with Gasteiger partial charge in [0.1, 0.15) is 0 Å². The number of alkyl halides is 3. The van der Waals surface area contributed by atoms with Crippen LogP contribution in [0.3, 0.4) is 0 Å². The highest BCUT2D eigenvalue weighted by Crippen LogP contribution is 2.29. The van der Waals surface area contributed by atoms with E-state index in [-0.39, 0.29) is 18.9 Å². The molecule has 0 saturated carbocycles. The summed E-state index contributed by atoms with van der Waals surface area (Å²) < 4.78 is 37.1. The Hall–Kier alpha value is -1.60. The van der Waals surface area contributed by atoms with Crippen molar-refractivity contribution in [2.45, 2.75) is 18.7 Å². The van der Waals surface area contributed by atoms with Crippen LogP contribution in [0.1, 0.15) is 23.7 Å². The highest BCUT2D eigenvalue weighted by Gasteiger charge is 2.30. The van der Waals surface area contributed by atoms with Crippen LogP contribution in [0.5, 0.6) is 0 Å². The third kappa shape index (κ3) is 5.18. The Morgan fingerprint density at radius 3 is 2.40 bits per heavy atom. The van der Waals surface area contributed by atoms with Crippen LogP contribution in [0.2, 0.25) is 0 Å². The molecule has 3 N–H and O–H groups in total. The fourth-order valence-electron chi connectivity index (χ4n) is 1.58. The monoisotopic (exact) mass is 290 g/mol. The molecule has 1 aromatic carbocycles. The van der Waals surface area contributed by atoms with Crippen molar-refractivity contribution in [3.63, 3.8) is 0 Å². The molecule has 20 heavy (non-hydrogen) atoms. The minimum Gasteiger partial charge on any atom is -0.387 e. The van der Waals surface area contributed by atoms with Gasteiger partial charge in [0.15, 0.2) is 0 Å². The molecule has 0 heterocycles. The molecule has 1 amide bonds. The molecule has 112 valence electrons. The van der Waals surface area contributed by atoms with Gasteiger partial charge in [-0.3, -0.25) is 4.79 Å². The number of hydrogen-bond donors (Lipinski definition) is 3. The highest BCUT2D eigenvalue weighted by molar-refractivity contribution is 5.75. The molecule has 1 rings (SSSR count). The first-order valence-electron chi connectivity index (χ1n) is 6.11. The number of benzene rings is 1. The molecule has 0 bridgehead atoms. The van der Waals surface area contributed by atoms with Crippen LogP contribution in [0.25, 0.3) is 0 Å². The Labute approximate surface area is 115 Å². The lowest BCUT2D eigenvalue weighted by molar-refractivity contribution is -0.137. The molecule has 1 aromatic rings. The molecule has 0 spiro atoms. The zero-order chi connectivity index (χ0) is 15.2. The number of aliphatic hydroxyl groups excluding tert-OH is 1. The molecule has 4 nitrogen and oxygen atoms in total. The molecule has 0 aliphatic heterocycles. The van der Waals surface area contributed by atoms with E-state index in [9.17, 15) is 23.1 Å². The maximum atomic E-state index is 12.4. The van der Waals surface area contributed by atoms with Gasteiger partial charge in [-0.2, -0.15) is 13.2 Å². The number of carbonyl (C=O) groups is 1. The third-order valence-electron chi connectivity index (χ3n) is 2.77. The molecular weight excluding hydrogens is 273 g/mol. The molecular formula is C13H17F3N2O2. The van der Waals surface area contributed by atoms with E-state index in [4.69, 9.17) is 0 Å². The van der Waals surface area contributed by atoms with E-state index in [2.05, 4.69) is 10.6 Å². The summed E-state index contributed by atoms with van der Waals surface area (Å²) in [7, 11) is 1.53. The Balaban J connectivity index is 2.44. The first-order chi connectivity index (χ1) is 9.34. The Morgan fingerprint density at radius 1 is 1.30 bits per heavy atom. The summed E-state index contributed by atoms with van der Waals surface area (Å²) in [5.74, 6) is -0.124. The van der Waals surface area contributed by atoms with E-state index in [1.165, 1.54) is 19.2 Å². The number of hydrogen-bond acceptors (Lipinski definition) is 3. The number of halogens is 3. The van der Waals surface area contributed by atoms with E-state index in [1.807, 2.05) is 0 Å². The van der Waals surface area contributed by atoms with Crippen LogP contribution in [0, 0.1) is 0 Å². The topological polar surface area (TPSA) is 61.4 Å². The number of rotatable bonds is 6. The van der Waals surface area contributed by atoms with Crippen molar-refractivity contribution in [1.82, 2.24) is 10.6 Å². The predicted molar refractivity (Wildman–Crippen MR) is 68.0 cm³/mol. The number of carbonyl (C=O) groups excluding carboxylic acids is 1. The van der Waals surface area contributed by atoms with Crippen molar-refractivity contribution < 1.29 is 23.1 Å². The lowest BCUT2D eigenvalue weighted by Gasteiger charge is -2.13. The molecule has 1 atom stereocenters. The highest BCUT2D eigenvalue weighted by atomic mass is 19.4. The van der Waals surface area contributed by atoms with Gasteiger partial charge >= 0.3 is 6.18 Å². The Kier molecular flexibility index (Phi) is 5.97. The SMILES string of the molecule is CNC(=O)CCNCC(O)c1ccc(C(F)(F)F)cc1. The summed E-state index contributed by atoms with van der Waals surface area (Å²) in [6, 6.07) is 4.36. The van der Waals surface area contributed by atoms with Gasteiger partial charge in [0.2, 0.25) is 5.91 Å². The zero-order valence-corrected chi connectivity index (χ0v) is 11.0. The van der Waals surface area contributed by atoms with Gasteiger partial charge in [0.25, 0.3) is 0 Å². The van der Waals surface area contributed by atoms with Gasteiger partial charge in [-0.1, -0.05) is 12.1 Å². The van der Waals surface area contributed by atoms with Gasteiger partial charge in [-0.05, 0) is 17.7 Å². The summed E-state index contributed by atoms with van der Waals surface area (Å²) in [4.78, 5) is 10.9. The van der Waals surface area contributed by atoms with Crippen molar-refractivity contribution in [2.75, 3.05) is 20.1 Å². The fraction of sp³-hybridized carbons (Fsp3) is 0.462. The van der Waals surface area contributed by atoms with Gasteiger partial charge in [-0.15, -0.1) is 0 Å². The zero-order valence-electron chi connectivity index (χ0n) is 11.0. The predicted octanol–water partition coefficient (Wildman–Crippen LogP) is 1.46.